The number of allylic oxidation sites excluding steroid dienone is 1. The Hall–Kier alpha value is -0.960. The van der Waals surface area contributed by atoms with Crippen LogP contribution in [0.3, 0.4) is 0 Å². The average Bonchev–Trinajstić information content (AvgIpc) is 2.72. The molecule has 4 aliphatic rings. The first-order valence-electron chi connectivity index (χ1n) is 8.81. The molecule has 0 heterocycles. The first-order valence-corrected chi connectivity index (χ1v) is 8.81. The summed E-state index contributed by atoms with van der Waals surface area (Å²) in [4.78, 5) is 24.2. The Morgan fingerprint density at radius 3 is 2.55 bits per heavy atom. The summed E-state index contributed by atoms with van der Waals surface area (Å²) in [6.07, 6.45) is 8.27. The van der Waals surface area contributed by atoms with Crippen molar-refractivity contribution in [1.29, 1.82) is 0 Å². The first-order chi connectivity index (χ1) is 10.3. The maximum Gasteiger partial charge on any atom is 0.155 e. The number of hydrogen-bond donors (Lipinski definition) is 1. The minimum atomic E-state index is -0.816. The van der Waals surface area contributed by atoms with E-state index >= 15 is 0 Å². The van der Waals surface area contributed by atoms with Crippen LogP contribution in [-0.4, -0.2) is 22.3 Å². The lowest BCUT2D eigenvalue weighted by molar-refractivity contribution is -0.178. The van der Waals surface area contributed by atoms with Crippen LogP contribution >= 0.6 is 0 Å². The summed E-state index contributed by atoms with van der Waals surface area (Å²) in [6, 6.07) is 0. The van der Waals surface area contributed by atoms with E-state index in [1.807, 2.05) is 13.0 Å². The van der Waals surface area contributed by atoms with E-state index in [0.717, 1.165) is 32.1 Å². The van der Waals surface area contributed by atoms with Crippen molar-refractivity contribution in [1.82, 2.24) is 0 Å². The molecular formula is C19H26O3. The van der Waals surface area contributed by atoms with Crippen LogP contribution in [0.25, 0.3) is 0 Å². The van der Waals surface area contributed by atoms with Crippen molar-refractivity contribution < 1.29 is 14.7 Å². The number of aliphatic hydroxyl groups is 1. The van der Waals surface area contributed by atoms with Gasteiger partial charge in [0.05, 0.1) is 11.0 Å². The van der Waals surface area contributed by atoms with E-state index in [1.165, 1.54) is 5.57 Å². The Kier molecular flexibility index (Phi) is 2.87. The van der Waals surface area contributed by atoms with Gasteiger partial charge in [-0.2, -0.15) is 0 Å². The number of carbonyl (C=O) groups is 2. The molecule has 3 saturated carbocycles. The van der Waals surface area contributed by atoms with Crippen LogP contribution in [0.2, 0.25) is 0 Å². The largest absolute Gasteiger partial charge is 0.389 e. The van der Waals surface area contributed by atoms with Crippen molar-refractivity contribution in [3.63, 3.8) is 0 Å². The topological polar surface area (TPSA) is 54.4 Å². The molecule has 5 atom stereocenters. The third-order valence-electron chi connectivity index (χ3n) is 7.86. The van der Waals surface area contributed by atoms with Gasteiger partial charge in [0.2, 0.25) is 0 Å². The number of Topliss-reactive ketones (excluding diaryl/α,β-unsaturated/α-hetero) is 1. The molecule has 4 aliphatic carbocycles. The minimum absolute atomic E-state index is 0.0551. The molecule has 1 N–H and O–H groups in total. The van der Waals surface area contributed by atoms with Gasteiger partial charge in [-0.15, -0.1) is 0 Å². The Labute approximate surface area is 132 Å². The van der Waals surface area contributed by atoms with Gasteiger partial charge in [-0.25, -0.2) is 0 Å². The van der Waals surface area contributed by atoms with E-state index in [9.17, 15) is 14.7 Å². The molecule has 3 heteroatoms. The van der Waals surface area contributed by atoms with Crippen molar-refractivity contribution >= 4 is 11.6 Å². The molecule has 0 aromatic heterocycles. The van der Waals surface area contributed by atoms with E-state index in [2.05, 4.69) is 6.92 Å². The highest BCUT2D eigenvalue weighted by Gasteiger charge is 2.66. The summed E-state index contributed by atoms with van der Waals surface area (Å²) in [5.41, 5.74) is 0.0141. The number of hydrogen-bond acceptors (Lipinski definition) is 3. The van der Waals surface area contributed by atoms with E-state index in [0.29, 0.717) is 25.2 Å². The Morgan fingerprint density at radius 1 is 1.00 bits per heavy atom. The molecule has 0 unspecified atom stereocenters. The van der Waals surface area contributed by atoms with Gasteiger partial charge in [0, 0.05) is 12.8 Å². The quantitative estimate of drug-likeness (QED) is 0.747. The number of carbonyl (C=O) groups excluding carboxylic acids is 2. The standard InChI is InChI=1S/C19H26O3/c1-17-8-5-13(20)11-12(17)3-4-15-14(17)6-9-18(2)16(21)7-10-19(15,18)22/h11,14-15,22H,3-10H2,1-2H3/t14-,15-,17+,18-,19+/m0/s1. The summed E-state index contributed by atoms with van der Waals surface area (Å²) in [6.45, 7) is 4.29. The lowest BCUT2D eigenvalue weighted by atomic mass is 9.46. The molecule has 3 nitrogen and oxygen atoms in total. The molecule has 0 aromatic carbocycles. The van der Waals surface area contributed by atoms with Crippen LogP contribution in [0.4, 0.5) is 0 Å². The van der Waals surface area contributed by atoms with Gasteiger partial charge in [-0.1, -0.05) is 12.5 Å². The van der Waals surface area contributed by atoms with Gasteiger partial charge in [-0.3, -0.25) is 9.59 Å². The van der Waals surface area contributed by atoms with Crippen LogP contribution in [-0.2, 0) is 9.59 Å². The predicted octanol–water partition coefficient (Wildman–Crippen LogP) is 3.20. The number of fused-ring (bicyclic) bond motifs is 5. The lowest BCUT2D eigenvalue weighted by Gasteiger charge is -2.60. The van der Waals surface area contributed by atoms with E-state index in [1.54, 1.807) is 0 Å². The fourth-order valence-corrected chi connectivity index (χ4v) is 6.30. The highest BCUT2D eigenvalue weighted by atomic mass is 16.3. The van der Waals surface area contributed by atoms with Crippen LogP contribution < -0.4 is 0 Å². The van der Waals surface area contributed by atoms with Gasteiger partial charge in [-0.05, 0) is 68.8 Å². The second-order valence-corrected chi connectivity index (χ2v) is 8.52. The monoisotopic (exact) mass is 302 g/mol. The molecule has 0 spiro atoms. The van der Waals surface area contributed by atoms with Crippen LogP contribution in [0.15, 0.2) is 11.6 Å². The molecule has 3 fully saturated rings. The molecule has 0 aromatic rings. The SMILES string of the molecule is C[C@@]12CC[C@H]3[C@H](CCC4=CC(=O)CC[C@]43C)[C@]1(O)CCC2=O. The van der Waals surface area contributed by atoms with Crippen molar-refractivity contribution in [3.8, 4) is 0 Å². The molecule has 22 heavy (non-hydrogen) atoms. The van der Waals surface area contributed by atoms with Crippen LogP contribution in [0.5, 0.6) is 0 Å². The molecule has 120 valence electrons. The maximum atomic E-state index is 12.4. The zero-order valence-electron chi connectivity index (χ0n) is 13.7. The van der Waals surface area contributed by atoms with Gasteiger partial charge >= 0.3 is 0 Å². The zero-order chi connectivity index (χ0) is 15.8. The van der Waals surface area contributed by atoms with Gasteiger partial charge in [0.15, 0.2) is 5.78 Å². The normalized spacial score (nSPS) is 51.0. The highest BCUT2D eigenvalue weighted by molar-refractivity contribution is 5.92. The molecule has 0 radical (unpaired) electrons. The number of ketones is 2. The van der Waals surface area contributed by atoms with Gasteiger partial charge < -0.3 is 5.11 Å². The predicted molar refractivity (Wildman–Crippen MR) is 83.2 cm³/mol. The van der Waals surface area contributed by atoms with Crippen molar-refractivity contribution in [2.24, 2.45) is 22.7 Å². The highest BCUT2D eigenvalue weighted by Crippen LogP contribution is 2.65. The second kappa shape index (κ2) is 4.31. The maximum absolute atomic E-state index is 12.4. The number of rotatable bonds is 0. The van der Waals surface area contributed by atoms with Gasteiger partial charge in [0.25, 0.3) is 0 Å². The first kappa shape index (κ1) is 14.6. The van der Waals surface area contributed by atoms with E-state index in [4.69, 9.17) is 0 Å². The summed E-state index contributed by atoms with van der Waals surface area (Å²) in [5.74, 6) is 1.16. The Balaban J connectivity index is 1.76. The van der Waals surface area contributed by atoms with E-state index in [-0.39, 0.29) is 22.9 Å². The van der Waals surface area contributed by atoms with Crippen LogP contribution in [0.1, 0.15) is 65.2 Å². The molecule has 0 bridgehead atoms. The smallest absolute Gasteiger partial charge is 0.155 e. The summed E-state index contributed by atoms with van der Waals surface area (Å²) >= 11 is 0. The summed E-state index contributed by atoms with van der Waals surface area (Å²) < 4.78 is 0. The zero-order valence-corrected chi connectivity index (χ0v) is 13.7. The Morgan fingerprint density at radius 2 is 1.77 bits per heavy atom. The molecule has 0 amide bonds. The summed E-state index contributed by atoms with van der Waals surface area (Å²) in [7, 11) is 0. The average molecular weight is 302 g/mol. The third kappa shape index (κ3) is 1.56. The second-order valence-electron chi connectivity index (χ2n) is 8.52. The van der Waals surface area contributed by atoms with Crippen molar-refractivity contribution in [2.45, 2.75) is 70.8 Å². The van der Waals surface area contributed by atoms with Crippen LogP contribution in [0, 0.1) is 22.7 Å². The summed E-state index contributed by atoms with van der Waals surface area (Å²) in [5, 5.41) is 11.5. The molecule has 0 saturated heterocycles. The lowest BCUT2D eigenvalue weighted by Crippen LogP contribution is -2.60. The van der Waals surface area contributed by atoms with Gasteiger partial charge in [0.1, 0.15) is 5.78 Å². The van der Waals surface area contributed by atoms with Crippen molar-refractivity contribution in [2.75, 3.05) is 0 Å². The minimum Gasteiger partial charge on any atom is -0.389 e. The molecule has 4 rings (SSSR count). The molecular weight excluding hydrogens is 276 g/mol. The fourth-order valence-electron chi connectivity index (χ4n) is 6.30. The Bertz CT molecular complexity index is 591. The third-order valence-corrected chi connectivity index (χ3v) is 7.86. The molecule has 0 aliphatic heterocycles. The van der Waals surface area contributed by atoms with Crippen molar-refractivity contribution in [3.05, 3.63) is 11.6 Å². The van der Waals surface area contributed by atoms with E-state index < -0.39 is 11.0 Å². The fraction of sp³-hybridized carbons (Fsp3) is 0.789.